The average Bonchev–Trinajstić information content (AvgIpc) is 2.99. The number of urea groups is 1. The van der Waals surface area contributed by atoms with Crippen LogP contribution in [0.3, 0.4) is 0 Å². The van der Waals surface area contributed by atoms with E-state index in [1.165, 1.54) is 50.2 Å². The molecule has 0 unspecified atom stereocenters. The van der Waals surface area contributed by atoms with Crippen molar-refractivity contribution < 1.29 is 23.9 Å². The number of nitrogens with one attached hydrogen (secondary N) is 1. The van der Waals surface area contributed by atoms with Crippen LogP contribution in [-0.2, 0) is 21.6 Å². The third-order valence-corrected chi connectivity index (χ3v) is 10.5. The van der Waals surface area contributed by atoms with Crippen molar-refractivity contribution in [1.82, 2.24) is 5.32 Å². The molecule has 44 heavy (non-hydrogen) atoms. The van der Waals surface area contributed by atoms with Crippen molar-refractivity contribution in [2.24, 2.45) is 17.8 Å². The van der Waals surface area contributed by atoms with Gasteiger partial charge in [-0.2, -0.15) is 0 Å². The number of nitrogens with zero attached hydrogens (tertiary/aromatic N) is 1. The third kappa shape index (κ3) is 5.42. The van der Waals surface area contributed by atoms with E-state index in [2.05, 4.69) is 40.0 Å². The van der Waals surface area contributed by atoms with Crippen LogP contribution >= 0.6 is 22.6 Å². The van der Waals surface area contributed by atoms with Crippen LogP contribution in [0.4, 0.5) is 10.5 Å². The van der Waals surface area contributed by atoms with Crippen LogP contribution in [0.25, 0.3) is 6.08 Å². The van der Waals surface area contributed by atoms with Crippen LogP contribution in [0.15, 0.2) is 72.3 Å². The summed E-state index contributed by atoms with van der Waals surface area (Å²) >= 11 is 2.17. The molecule has 0 atom stereocenters. The van der Waals surface area contributed by atoms with Crippen molar-refractivity contribution in [3.8, 4) is 11.5 Å². The predicted molar refractivity (Wildman–Crippen MR) is 176 cm³/mol. The highest BCUT2D eigenvalue weighted by Gasteiger charge is 2.51. The Kier molecular flexibility index (Phi) is 7.72. The van der Waals surface area contributed by atoms with E-state index in [-0.39, 0.29) is 11.0 Å². The number of rotatable bonds is 8. The van der Waals surface area contributed by atoms with Gasteiger partial charge in [-0.1, -0.05) is 42.5 Å². The van der Waals surface area contributed by atoms with Gasteiger partial charge in [-0.15, -0.1) is 0 Å². The maximum absolute atomic E-state index is 13.7. The molecule has 1 saturated heterocycles. The van der Waals surface area contributed by atoms with E-state index in [1.54, 1.807) is 6.07 Å². The Morgan fingerprint density at radius 2 is 1.57 bits per heavy atom. The van der Waals surface area contributed by atoms with Gasteiger partial charge in [0.25, 0.3) is 11.8 Å². The number of carbonyl (C=O) groups is 3. The Labute approximate surface area is 271 Å². The van der Waals surface area contributed by atoms with Gasteiger partial charge in [0.2, 0.25) is 0 Å². The summed E-state index contributed by atoms with van der Waals surface area (Å²) in [5, 5.41) is 2.36. The fourth-order valence-corrected chi connectivity index (χ4v) is 9.07. The molecule has 4 amide bonds. The van der Waals surface area contributed by atoms with E-state index in [9.17, 15) is 14.4 Å². The number of carbonyl (C=O) groups excluding carboxylic acids is 3. The quantitative estimate of drug-likeness (QED) is 0.150. The Hall–Kier alpha value is -3.66. The molecule has 226 valence electrons. The topological polar surface area (TPSA) is 84.9 Å². The summed E-state index contributed by atoms with van der Waals surface area (Å²) in [7, 11) is 0. The summed E-state index contributed by atoms with van der Waals surface area (Å²) in [4.78, 5) is 40.6. The average molecular weight is 703 g/mol. The molecule has 0 aromatic heterocycles. The van der Waals surface area contributed by atoms with Crippen molar-refractivity contribution in [3.63, 3.8) is 0 Å². The van der Waals surface area contributed by atoms with Gasteiger partial charge in [0.05, 0.1) is 15.9 Å². The van der Waals surface area contributed by atoms with Gasteiger partial charge in [0.15, 0.2) is 11.5 Å². The standard InChI is InChI=1S/C36H35IN2O5/c1-2-43-31-17-23(16-30(37)32(31)44-21-22-6-4-3-5-7-22)15-29-33(40)38-35(42)39(34(29)41)28-10-8-27(9-11-28)36-18-24-12-25(19-36)14-26(13-24)20-36/h3-11,15-17,24-26H,2,12-14,18-21H2,1H3,(H,38,40,42)/b29-15+. The van der Waals surface area contributed by atoms with Crippen LogP contribution in [0.5, 0.6) is 11.5 Å². The van der Waals surface area contributed by atoms with Gasteiger partial charge >= 0.3 is 6.03 Å². The molecule has 8 heteroatoms. The van der Waals surface area contributed by atoms with E-state index in [4.69, 9.17) is 9.47 Å². The first-order valence-electron chi connectivity index (χ1n) is 15.5. The van der Waals surface area contributed by atoms with E-state index >= 15 is 0 Å². The highest BCUT2D eigenvalue weighted by Crippen LogP contribution is 2.60. The van der Waals surface area contributed by atoms with E-state index in [1.807, 2.05) is 55.5 Å². The van der Waals surface area contributed by atoms with Crippen LogP contribution in [-0.4, -0.2) is 24.5 Å². The lowest BCUT2D eigenvalue weighted by atomic mass is 9.48. The Balaban J connectivity index is 1.14. The van der Waals surface area contributed by atoms with Gasteiger partial charge in [-0.3, -0.25) is 14.9 Å². The summed E-state index contributed by atoms with van der Waals surface area (Å²) in [5.41, 5.74) is 3.48. The fourth-order valence-electron chi connectivity index (χ4n) is 8.29. The molecule has 4 aliphatic carbocycles. The molecule has 0 radical (unpaired) electrons. The molecule has 8 rings (SSSR count). The number of anilines is 1. The second-order valence-corrected chi connectivity index (χ2v) is 13.9. The molecule has 3 aromatic carbocycles. The van der Waals surface area contributed by atoms with Crippen molar-refractivity contribution >= 4 is 52.2 Å². The lowest BCUT2D eigenvalue weighted by molar-refractivity contribution is -0.122. The Morgan fingerprint density at radius 1 is 0.909 bits per heavy atom. The summed E-state index contributed by atoms with van der Waals surface area (Å²) < 4.78 is 12.8. The molecule has 5 aliphatic rings. The SMILES string of the molecule is CCOc1cc(/C=C2\C(=O)NC(=O)N(c3ccc(C45CC6CC(CC(C6)C4)C5)cc3)C2=O)cc(I)c1OCc1ccccc1. The molecular formula is C36H35IN2O5. The van der Waals surface area contributed by atoms with E-state index in [0.717, 1.165) is 31.8 Å². The lowest BCUT2D eigenvalue weighted by Gasteiger charge is -2.57. The Bertz CT molecular complexity index is 1610. The summed E-state index contributed by atoms with van der Waals surface area (Å²) in [5.74, 6) is 2.20. The van der Waals surface area contributed by atoms with Gasteiger partial charge in [0.1, 0.15) is 12.2 Å². The number of imide groups is 2. The number of benzene rings is 3. The van der Waals surface area contributed by atoms with Crippen LogP contribution in [0, 0.1) is 21.3 Å². The maximum atomic E-state index is 13.7. The van der Waals surface area contributed by atoms with Crippen molar-refractivity contribution in [1.29, 1.82) is 0 Å². The number of hydrogen-bond acceptors (Lipinski definition) is 5. The minimum atomic E-state index is -0.742. The lowest BCUT2D eigenvalue weighted by Crippen LogP contribution is -2.54. The molecule has 1 N–H and O–H groups in total. The van der Waals surface area contributed by atoms with Crippen molar-refractivity contribution in [2.45, 2.75) is 57.5 Å². The molecule has 1 heterocycles. The molecule has 4 saturated carbocycles. The molecule has 3 aromatic rings. The number of barbiturate groups is 1. The predicted octanol–water partition coefficient (Wildman–Crippen LogP) is 7.40. The summed E-state index contributed by atoms with van der Waals surface area (Å²) in [6, 6.07) is 20.6. The number of halogens is 1. The molecular weight excluding hydrogens is 667 g/mol. The van der Waals surface area contributed by atoms with Gasteiger partial charge in [0, 0.05) is 0 Å². The minimum absolute atomic E-state index is 0.119. The Morgan fingerprint density at radius 3 is 2.20 bits per heavy atom. The molecule has 1 aliphatic heterocycles. The second-order valence-electron chi connectivity index (χ2n) is 12.7. The molecule has 5 fully saturated rings. The summed E-state index contributed by atoms with van der Waals surface area (Å²) in [6.07, 6.45) is 9.34. The molecule has 0 spiro atoms. The van der Waals surface area contributed by atoms with Crippen LogP contribution in [0.2, 0.25) is 0 Å². The minimum Gasteiger partial charge on any atom is -0.490 e. The van der Waals surface area contributed by atoms with E-state index in [0.29, 0.717) is 36.0 Å². The zero-order chi connectivity index (χ0) is 30.4. The van der Waals surface area contributed by atoms with Gasteiger partial charge in [-0.05, 0) is 138 Å². The summed E-state index contributed by atoms with van der Waals surface area (Å²) in [6.45, 7) is 2.67. The van der Waals surface area contributed by atoms with Crippen LogP contribution in [0.1, 0.15) is 62.1 Å². The molecule has 4 bridgehead atoms. The smallest absolute Gasteiger partial charge is 0.335 e. The van der Waals surface area contributed by atoms with Gasteiger partial charge < -0.3 is 9.47 Å². The fraction of sp³-hybridized carbons (Fsp3) is 0.361. The largest absolute Gasteiger partial charge is 0.490 e. The first-order valence-corrected chi connectivity index (χ1v) is 16.5. The zero-order valence-corrected chi connectivity index (χ0v) is 26.8. The third-order valence-electron chi connectivity index (χ3n) is 9.75. The normalized spacial score (nSPS) is 26.7. The van der Waals surface area contributed by atoms with Crippen LogP contribution < -0.4 is 19.7 Å². The monoisotopic (exact) mass is 702 g/mol. The van der Waals surface area contributed by atoms with Gasteiger partial charge in [-0.25, -0.2) is 9.69 Å². The number of hydrogen-bond donors (Lipinski definition) is 1. The maximum Gasteiger partial charge on any atom is 0.335 e. The number of amides is 4. The first kappa shape index (κ1) is 29.1. The van der Waals surface area contributed by atoms with E-state index < -0.39 is 17.8 Å². The number of ether oxygens (including phenoxy) is 2. The zero-order valence-electron chi connectivity index (χ0n) is 24.7. The first-order chi connectivity index (χ1) is 21.3. The van der Waals surface area contributed by atoms with Crippen molar-refractivity contribution in [2.75, 3.05) is 11.5 Å². The van der Waals surface area contributed by atoms with Crippen molar-refractivity contribution in [3.05, 3.63) is 92.6 Å². The second kappa shape index (κ2) is 11.7. The molecule has 7 nitrogen and oxygen atoms in total. The highest BCUT2D eigenvalue weighted by atomic mass is 127. The highest BCUT2D eigenvalue weighted by molar-refractivity contribution is 14.1.